The summed E-state index contributed by atoms with van der Waals surface area (Å²) in [5, 5.41) is 14.0. The number of hydrogen-bond acceptors (Lipinski definition) is 5. The number of rotatable bonds is 5. The van der Waals surface area contributed by atoms with Crippen LogP contribution in [0.4, 0.5) is 11.4 Å². The van der Waals surface area contributed by atoms with E-state index in [1.807, 2.05) is 0 Å². The Balaban J connectivity index is 2.16. The smallest absolute Gasteiger partial charge is 0.271 e. The number of halogens is 1. The SMILES string of the molecule is Cc1cc([N+](=O)[O-])cc(Cl)c1NCc1cc(C(N)=O)co1. The highest BCUT2D eigenvalue weighted by Crippen LogP contribution is 2.31. The van der Waals surface area contributed by atoms with Crippen molar-refractivity contribution in [2.24, 2.45) is 5.73 Å². The van der Waals surface area contributed by atoms with Crippen LogP contribution >= 0.6 is 11.6 Å². The van der Waals surface area contributed by atoms with Crippen molar-refractivity contribution in [3.8, 4) is 0 Å². The fourth-order valence-corrected chi connectivity index (χ4v) is 2.16. The van der Waals surface area contributed by atoms with Gasteiger partial charge in [-0.2, -0.15) is 0 Å². The molecule has 0 radical (unpaired) electrons. The second-order valence-electron chi connectivity index (χ2n) is 4.40. The number of aryl methyl sites for hydroxylation is 1. The average Bonchev–Trinajstić information content (AvgIpc) is 2.86. The number of hydrogen-bond donors (Lipinski definition) is 2. The number of nitro benzene ring substituents is 1. The van der Waals surface area contributed by atoms with Crippen LogP contribution in [0.25, 0.3) is 0 Å². The van der Waals surface area contributed by atoms with E-state index in [0.717, 1.165) is 0 Å². The molecular weight excluding hydrogens is 298 g/mol. The summed E-state index contributed by atoms with van der Waals surface area (Å²) < 4.78 is 5.17. The molecule has 0 bridgehead atoms. The number of nitrogens with one attached hydrogen (secondary N) is 1. The molecule has 1 heterocycles. The van der Waals surface area contributed by atoms with E-state index >= 15 is 0 Å². The van der Waals surface area contributed by atoms with E-state index in [1.165, 1.54) is 24.5 Å². The van der Waals surface area contributed by atoms with E-state index in [0.29, 0.717) is 17.0 Å². The van der Waals surface area contributed by atoms with Crippen molar-refractivity contribution in [3.05, 3.63) is 56.5 Å². The molecule has 0 aliphatic carbocycles. The Bertz CT molecular complexity index is 688. The molecule has 2 rings (SSSR count). The molecule has 0 aliphatic rings. The maximum atomic E-state index is 11.0. The van der Waals surface area contributed by atoms with Crippen LogP contribution < -0.4 is 11.1 Å². The van der Waals surface area contributed by atoms with Crippen molar-refractivity contribution >= 4 is 28.9 Å². The lowest BCUT2D eigenvalue weighted by molar-refractivity contribution is -0.384. The lowest BCUT2D eigenvalue weighted by atomic mass is 10.1. The Labute approximate surface area is 124 Å². The number of carbonyl (C=O) groups is 1. The van der Waals surface area contributed by atoms with Gasteiger partial charge in [-0.25, -0.2) is 0 Å². The molecule has 7 nitrogen and oxygen atoms in total. The van der Waals surface area contributed by atoms with Gasteiger partial charge in [0, 0.05) is 12.1 Å². The number of benzene rings is 1. The Morgan fingerprint density at radius 1 is 1.48 bits per heavy atom. The van der Waals surface area contributed by atoms with Crippen molar-refractivity contribution in [3.63, 3.8) is 0 Å². The van der Waals surface area contributed by atoms with Gasteiger partial charge in [-0.1, -0.05) is 11.6 Å². The minimum Gasteiger partial charge on any atom is -0.467 e. The van der Waals surface area contributed by atoms with Gasteiger partial charge in [-0.05, 0) is 18.6 Å². The van der Waals surface area contributed by atoms with E-state index in [4.69, 9.17) is 21.8 Å². The highest BCUT2D eigenvalue weighted by atomic mass is 35.5. The van der Waals surface area contributed by atoms with Crippen molar-refractivity contribution in [1.29, 1.82) is 0 Å². The third kappa shape index (κ3) is 3.32. The first kappa shape index (κ1) is 14.9. The van der Waals surface area contributed by atoms with Crippen LogP contribution in [0.15, 0.2) is 28.9 Å². The molecule has 0 aliphatic heterocycles. The largest absolute Gasteiger partial charge is 0.467 e. The summed E-state index contributed by atoms with van der Waals surface area (Å²) in [7, 11) is 0. The molecule has 0 spiro atoms. The number of carbonyl (C=O) groups excluding carboxylic acids is 1. The number of non-ortho nitro benzene ring substituents is 1. The summed E-state index contributed by atoms with van der Waals surface area (Å²) in [6.45, 7) is 1.98. The summed E-state index contributed by atoms with van der Waals surface area (Å²) in [6.07, 6.45) is 1.27. The first-order valence-electron chi connectivity index (χ1n) is 5.94. The van der Waals surface area contributed by atoms with Crippen LogP contribution in [-0.4, -0.2) is 10.8 Å². The third-order valence-electron chi connectivity index (χ3n) is 2.86. The van der Waals surface area contributed by atoms with Crippen LogP contribution in [0, 0.1) is 17.0 Å². The zero-order valence-electron chi connectivity index (χ0n) is 11.1. The molecular formula is C13H12ClN3O4. The molecule has 1 aromatic carbocycles. The minimum absolute atomic E-state index is 0.0722. The topological polar surface area (TPSA) is 111 Å². The van der Waals surface area contributed by atoms with Gasteiger partial charge in [0.2, 0.25) is 0 Å². The number of furan rings is 1. The van der Waals surface area contributed by atoms with Crippen LogP contribution in [-0.2, 0) is 6.54 Å². The van der Waals surface area contributed by atoms with Gasteiger partial charge in [0.05, 0.1) is 27.7 Å². The number of nitro groups is 1. The molecule has 8 heteroatoms. The highest BCUT2D eigenvalue weighted by molar-refractivity contribution is 6.33. The quantitative estimate of drug-likeness (QED) is 0.651. The predicted molar refractivity (Wildman–Crippen MR) is 77.4 cm³/mol. The van der Waals surface area contributed by atoms with Crippen LogP contribution in [0.5, 0.6) is 0 Å². The highest BCUT2D eigenvalue weighted by Gasteiger charge is 2.14. The molecule has 1 amide bonds. The van der Waals surface area contributed by atoms with Crippen molar-refractivity contribution in [2.45, 2.75) is 13.5 Å². The van der Waals surface area contributed by atoms with Gasteiger partial charge < -0.3 is 15.5 Å². The van der Waals surface area contributed by atoms with Gasteiger partial charge in [0.1, 0.15) is 12.0 Å². The molecule has 0 atom stereocenters. The molecule has 2 aromatic rings. The number of amides is 1. The van der Waals surface area contributed by atoms with Gasteiger partial charge >= 0.3 is 0 Å². The average molecular weight is 310 g/mol. The van der Waals surface area contributed by atoms with Crippen molar-refractivity contribution < 1.29 is 14.1 Å². The van der Waals surface area contributed by atoms with Gasteiger partial charge in [-0.3, -0.25) is 14.9 Å². The molecule has 0 fully saturated rings. The summed E-state index contributed by atoms with van der Waals surface area (Å²) in [4.78, 5) is 21.2. The monoisotopic (exact) mass is 309 g/mol. The predicted octanol–water partition coefficient (Wildman–Crippen LogP) is 2.86. The third-order valence-corrected chi connectivity index (χ3v) is 3.16. The van der Waals surface area contributed by atoms with Crippen molar-refractivity contribution in [2.75, 3.05) is 5.32 Å². The summed E-state index contributed by atoms with van der Waals surface area (Å²) in [5.41, 5.74) is 6.53. The maximum absolute atomic E-state index is 11.0. The lowest BCUT2D eigenvalue weighted by Crippen LogP contribution is -2.09. The van der Waals surface area contributed by atoms with E-state index in [9.17, 15) is 14.9 Å². The van der Waals surface area contributed by atoms with Gasteiger partial charge in [-0.15, -0.1) is 0 Å². The number of anilines is 1. The Morgan fingerprint density at radius 3 is 2.71 bits per heavy atom. The molecule has 3 N–H and O–H groups in total. The summed E-state index contributed by atoms with van der Waals surface area (Å²) in [6, 6.07) is 4.21. The van der Waals surface area contributed by atoms with Gasteiger partial charge in [0.25, 0.3) is 11.6 Å². The first-order valence-corrected chi connectivity index (χ1v) is 6.32. The Hall–Kier alpha value is -2.54. The zero-order valence-corrected chi connectivity index (χ0v) is 11.8. The van der Waals surface area contributed by atoms with E-state index in [-0.39, 0.29) is 22.8 Å². The minimum atomic E-state index is -0.574. The summed E-state index contributed by atoms with van der Waals surface area (Å²) >= 11 is 6.03. The van der Waals surface area contributed by atoms with Crippen LogP contribution in [0.1, 0.15) is 21.7 Å². The molecule has 0 unspecified atom stereocenters. The van der Waals surface area contributed by atoms with Gasteiger partial charge in [0.15, 0.2) is 0 Å². The molecule has 0 saturated carbocycles. The summed E-state index contributed by atoms with van der Waals surface area (Å²) in [5.74, 6) is -0.0767. The molecule has 110 valence electrons. The lowest BCUT2D eigenvalue weighted by Gasteiger charge is -2.10. The fraction of sp³-hybridized carbons (Fsp3) is 0.154. The number of nitrogens with zero attached hydrogens (tertiary/aromatic N) is 1. The van der Waals surface area contributed by atoms with Crippen LogP contribution in [0.2, 0.25) is 5.02 Å². The van der Waals surface area contributed by atoms with E-state index in [2.05, 4.69) is 5.32 Å². The molecule has 21 heavy (non-hydrogen) atoms. The normalized spacial score (nSPS) is 10.4. The Kier molecular flexibility index (Phi) is 4.13. The zero-order chi connectivity index (χ0) is 15.6. The van der Waals surface area contributed by atoms with E-state index in [1.54, 1.807) is 6.92 Å². The standard InChI is InChI=1S/C13H12ClN3O4/c1-7-2-9(17(19)20)4-11(14)12(7)16-5-10-3-8(6-21-10)13(15)18/h2-4,6,16H,5H2,1H3,(H2,15,18). The van der Waals surface area contributed by atoms with E-state index < -0.39 is 10.8 Å². The fourth-order valence-electron chi connectivity index (χ4n) is 1.83. The second-order valence-corrected chi connectivity index (χ2v) is 4.80. The Morgan fingerprint density at radius 2 is 2.19 bits per heavy atom. The number of nitrogens with two attached hydrogens (primary N) is 1. The van der Waals surface area contributed by atoms with Crippen LogP contribution in [0.3, 0.4) is 0 Å². The van der Waals surface area contributed by atoms with Crippen molar-refractivity contribution in [1.82, 2.24) is 0 Å². The molecule has 1 aromatic heterocycles. The number of primary amides is 1. The first-order chi connectivity index (χ1) is 9.88. The second kappa shape index (κ2) is 5.84. The maximum Gasteiger partial charge on any atom is 0.271 e. The molecule has 0 saturated heterocycles.